The molecule has 5 nitrogen and oxygen atoms in total. The summed E-state index contributed by atoms with van der Waals surface area (Å²) in [7, 11) is 0. The van der Waals surface area contributed by atoms with Crippen molar-refractivity contribution in [3.8, 4) is 0 Å². The summed E-state index contributed by atoms with van der Waals surface area (Å²) in [6.45, 7) is 0.995. The fraction of sp³-hybridized carbons (Fsp3) is 0.300. The molecule has 0 spiro atoms. The Morgan fingerprint density at radius 2 is 2.07 bits per heavy atom. The largest absolute Gasteiger partial charge is 0.324 e. The summed E-state index contributed by atoms with van der Waals surface area (Å²) in [5.41, 5.74) is 1.01. The minimum Gasteiger partial charge on any atom is -0.320 e. The normalized spacial score (nSPS) is 16.4. The molecule has 3 amide bonds. The van der Waals surface area contributed by atoms with Gasteiger partial charge in [-0.1, -0.05) is 0 Å². The van der Waals surface area contributed by atoms with Crippen molar-refractivity contribution < 1.29 is 9.59 Å². The first-order valence-corrected chi connectivity index (χ1v) is 4.73. The van der Waals surface area contributed by atoms with E-state index in [0.29, 0.717) is 19.5 Å². The number of aromatic nitrogens is 1. The molecule has 2 rings (SSSR count). The standard InChI is InChI=1S/C10H11N3O2/c14-9-3-6-13(10(15)12-9)7-8-1-4-11-5-2-8/h1-2,4-5H,3,6-7H2,(H,12,14,15). The van der Waals surface area contributed by atoms with Crippen molar-refractivity contribution in [2.75, 3.05) is 6.54 Å². The van der Waals surface area contributed by atoms with Crippen LogP contribution in [0.1, 0.15) is 12.0 Å². The second-order valence-corrected chi connectivity index (χ2v) is 3.38. The number of pyridine rings is 1. The molecule has 0 aromatic carbocycles. The van der Waals surface area contributed by atoms with Gasteiger partial charge in [0.05, 0.1) is 0 Å². The summed E-state index contributed by atoms with van der Waals surface area (Å²) in [4.78, 5) is 27.8. The highest BCUT2D eigenvalue weighted by atomic mass is 16.2. The van der Waals surface area contributed by atoms with Crippen LogP contribution in [-0.4, -0.2) is 28.4 Å². The van der Waals surface area contributed by atoms with Crippen molar-refractivity contribution in [2.45, 2.75) is 13.0 Å². The molecule has 2 heterocycles. The Morgan fingerprint density at radius 1 is 1.33 bits per heavy atom. The fourth-order valence-electron chi connectivity index (χ4n) is 1.46. The Morgan fingerprint density at radius 3 is 2.73 bits per heavy atom. The van der Waals surface area contributed by atoms with Crippen molar-refractivity contribution >= 4 is 11.9 Å². The molecule has 0 unspecified atom stereocenters. The number of nitrogens with one attached hydrogen (secondary N) is 1. The number of hydrogen-bond acceptors (Lipinski definition) is 3. The third-order valence-electron chi connectivity index (χ3n) is 2.27. The average Bonchev–Trinajstić information content (AvgIpc) is 2.24. The second-order valence-electron chi connectivity index (χ2n) is 3.38. The maximum atomic E-state index is 11.4. The molecular formula is C10H11N3O2. The lowest BCUT2D eigenvalue weighted by atomic mass is 10.2. The highest BCUT2D eigenvalue weighted by molar-refractivity contribution is 5.96. The predicted octanol–water partition coefficient (Wildman–Crippen LogP) is 0.524. The fourth-order valence-corrected chi connectivity index (χ4v) is 1.46. The van der Waals surface area contributed by atoms with Gasteiger partial charge in [0.15, 0.2) is 0 Å². The summed E-state index contributed by atoms with van der Waals surface area (Å²) >= 11 is 0. The molecule has 78 valence electrons. The number of carbonyl (C=O) groups is 2. The van der Waals surface area contributed by atoms with Crippen LogP contribution >= 0.6 is 0 Å². The quantitative estimate of drug-likeness (QED) is 0.765. The average molecular weight is 205 g/mol. The van der Waals surface area contributed by atoms with Crippen LogP contribution in [0.4, 0.5) is 4.79 Å². The first-order valence-electron chi connectivity index (χ1n) is 4.73. The molecular weight excluding hydrogens is 194 g/mol. The summed E-state index contributed by atoms with van der Waals surface area (Å²) in [5.74, 6) is -0.203. The van der Waals surface area contributed by atoms with E-state index in [2.05, 4.69) is 10.3 Å². The van der Waals surface area contributed by atoms with Crippen LogP contribution in [0.5, 0.6) is 0 Å². The van der Waals surface area contributed by atoms with Gasteiger partial charge in [-0.25, -0.2) is 4.79 Å². The smallest absolute Gasteiger partial charge is 0.320 e. The Bertz CT molecular complexity index is 378. The zero-order valence-electron chi connectivity index (χ0n) is 8.14. The first kappa shape index (κ1) is 9.64. The summed E-state index contributed by atoms with van der Waals surface area (Å²) < 4.78 is 0. The highest BCUT2D eigenvalue weighted by Gasteiger charge is 2.22. The van der Waals surface area contributed by atoms with Crippen LogP contribution in [0.25, 0.3) is 0 Å². The highest BCUT2D eigenvalue weighted by Crippen LogP contribution is 2.07. The Hall–Kier alpha value is -1.91. The summed E-state index contributed by atoms with van der Waals surface area (Å²) in [6, 6.07) is 3.39. The Kier molecular flexibility index (Phi) is 2.62. The number of imide groups is 1. The number of nitrogens with zero attached hydrogens (tertiary/aromatic N) is 2. The van der Waals surface area contributed by atoms with Crippen LogP contribution in [0.15, 0.2) is 24.5 Å². The zero-order valence-corrected chi connectivity index (χ0v) is 8.14. The van der Waals surface area contributed by atoms with Gasteiger partial charge in [-0.2, -0.15) is 0 Å². The van der Waals surface area contributed by atoms with Gasteiger partial charge in [0.25, 0.3) is 0 Å². The number of rotatable bonds is 2. The third kappa shape index (κ3) is 2.31. The summed E-state index contributed by atoms with van der Waals surface area (Å²) in [6.07, 6.45) is 3.74. The zero-order chi connectivity index (χ0) is 10.7. The van der Waals surface area contributed by atoms with Crippen LogP contribution in [0.2, 0.25) is 0 Å². The van der Waals surface area contributed by atoms with E-state index in [1.54, 1.807) is 17.3 Å². The number of carbonyl (C=O) groups excluding carboxylic acids is 2. The van der Waals surface area contributed by atoms with Crippen molar-refractivity contribution in [1.29, 1.82) is 0 Å². The molecule has 5 heteroatoms. The lowest BCUT2D eigenvalue weighted by Crippen LogP contribution is -2.48. The van der Waals surface area contributed by atoms with Crippen LogP contribution in [0.3, 0.4) is 0 Å². The minimum atomic E-state index is -0.317. The van der Waals surface area contributed by atoms with E-state index in [0.717, 1.165) is 5.56 Å². The lowest BCUT2D eigenvalue weighted by Gasteiger charge is -2.26. The van der Waals surface area contributed by atoms with Crippen LogP contribution in [-0.2, 0) is 11.3 Å². The van der Waals surface area contributed by atoms with E-state index < -0.39 is 0 Å². The minimum absolute atomic E-state index is 0.203. The number of hydrogen-bond donors (Lipinski definition) is 1. The first-order chi connectivity index (χ1) is 7.25. The van der Waals surface area contributed by atoms with Crippen molar-refractivity contribution in [2.24, 2.45) is 0 Å². The molecule has 1 aliphatic rings. The van der Waals surface area contributed by atoms with Gasteiger partial charge >= 0.3 is 6.03 Å². The van der Waals surface area contributed by atoms with Gasteiger partial charge in [0.2, 0.25) is 5.91 Å². The van der Waals surface area contributed by atoms with Crippen LogP contribution in [0, 0.1) is 0 Å². The topological polar surface area (TPSA) is 62.3 Å². The van der Waals surface area contributed by atoms with Gasteiger partial charge in [-0.15, -0.1) is 0 Å². The second kappa shape index (κ2) is 4.08. The molecule has 0 saturated carbocycles. The molecule has 1 aliphatic heterocycles. The molecule has 1 fully saturated rings. The van der Waals surface area contributed by atoms with E-state index in [4.69, 9.17) is 0 Å². The number of urea groups is 1. The van der Waals surface area contributed by atoms with Crippen LogP contribution < -0.4 is 5.32 Å². The molecule has 0 radical (unpaired) electrons. The Balaban J connectivity index is 2.01. The maximum Gasteiger partial charge on any atom is 0.324 e. The van der Waals surface area contributed by atoms with Gasteiger partial charge < -0.3 is 4.90 Å². The van der Waals surface area contributed by atoms with E-state index in [-0.39, 0.29) is 11.9 Å². The van der Waals surface area contributed by atoms with E-state index in [9.17, 15) is 9.59 Å². The lowest BCUT2D eigenvalue weighted by molar-refractivity contribution is -0.121. The van der Waals surface area contributed by atoms with Crippen molar-refractivity contribution in [1.82, 2.24) is 15.2 Å². The van der Waals surface area contributed by atoms with Gasteiger partial charge in [-0.3, -0.25) is 15.1 Å². The van der Waals surface area contributed by atoms with E-state index in [1.807, 2.05) is 12.1 Å². The summed E-state index contributed by atoms with van der Waals surface area (Å²) in [5, 5.41) is 2.28. The SMILES string of the molecule is O=C1CCN(Cc2ccncc2)C(=O)N1. The molecule has 1 aromatic rings. The molecule has 1 saturated heterocycles. The van der Waals surface area contributed by atoms with Crippen molar-refractivity contribution in [3.63, 3.8) is 0 Å². The predicted molar refractivity (Wildman–Crippen MR) is 52.8 cm³/mol. The van der Waals surface area contributed by atoms with Crippen molar-refractivity contribution in [3.05, 3.63) is 30.1 Å². The van der Waals surface area contributed by atoms with Gasteiger partial charge in [-0.05, 0) is 17.7 Å². The molecule has 15 heavy (non-hydrogen) atoms. The Labute approximate surface area is 87.1 Å². The molecule has 1 N–H and O–H groups in total. The number of amides is 3. The molecule has 0 aliphatic carbocycles. The molecule has 1 aromatic heterocycles. The van der Waals surface area contributed by atoms with E-state index in [1.165, 1.54) is 0 Å². The molecule has 0 atom stereocenters. The monoisotopic (exact) mass is 205 g/mol. The maximum absolute atomic E-state index is 11.4. The van der Waals surface area contributed by atoms with E-state index >= 15 is 0 Å². The molecule has 0 bridgehead atoms. The van der Waals surface area contributed by atoms with Gasteiger partial charge in [0.1, 0.15) is 0 Å². The van der Waals surface area contributed by atoms with Gasteiger partial charge in [0, 0.05) is 31.9 Å². The third-order valence-corrected chi connectivity index (χ3v) is 2.27.